The van der Waals surface area contributed by atoms with Crippen molar-refractivity contribution in [3.05, 3.63) is 33.1 Å². The summed E-state index contributed by atoms with van der Waals surface area (Å²) < 4.78 is 0. The molecular formula is C12H15ClN4O4. The fourth-order valence-electron chi connectivity index (χ4n) is 1.44. The molecule has 21 heavy (non-hydrogen) atoms. The first kappa shape index (κ1) is 16.8. The van der Waals surface area contributed by atoms with E-state index in [1.165, 1.54) is 6.92 Å². The van der Waals surface area contributed by atoms with Crippen LogP contribution in [0.5, 0.6) is 0 Å². The number of nitrogens with zero attached hydrogens (tertiary/aromatic N) is 2. The summed E-state index contributed by atoms with van der Waals surface area (Å²) in [6.45, 7) is 3.90. The van der Waals surface area contributed by atoms with Crippen molar-refractivity contribution in [3.63, 3.8) is 0 Å². The average Bonchev–Trinajstić information content (AvgIpc) is 2.44. The van der Waals surface area contributed by atoms with Crippen molar-refractivity contribution in [2.24, 2.45) is 0 Å². The standard InChI is InChI=1S/C12H15ClN4O4/c1-3-4-14-11(18)7(2)16-12(19)9-5-8(17(20)21)6-15-10(9)13/h5-7H,3-4H2,1-2H3,(H,14,18)(H,16,19). The van der Waals surface area contributed by atoms with Crippen molar-refractivity contribution < 1.29 is 14.5 Å². The van der Waals surface area contributed by atoms with Crippen molar-refractivity contribution in [3.8, 4) is 0 Å². The Labute approximate surface area is 126 Å². The van der Waals surface area contributed by atoms with Gasteiger partial charge in [0.2, 0.25) is 5.91 Å². The van der Waals surface area contributed by atoms with Gasteiger partial charge in [0.1, 0.15) is 17.4 Å². The maximum atomic E-state index is 12.0. The number of hydrogen-bond donors (Lipinski definition) is 2. The summed E-state index contributed by atoms with van der Waals surface area (Å²) in [7, 11) is 0. The Morgan fingerprint density at radius 3 is 2.76 bits per heavy atom. The minimum Gasteiger partial charge on any atom is -0.354 e. The van der Waals surface area contributed by atoms with Gasteiger partial charge in [-0.25, -0.2) is 4.98 Å². The Hall–Kier alpha value is -2.22. The molecule has 0 spiro atoms. The van der Waals surface area contributed by atoms with E-state index in [4.69, 9.17) is 11.6 Å². The van der Waals surface area contributed by atoms with E-state index in [1.807, 2.05) is 6.92 Å². The molecule has 0 saturated heterocycles. The molecule has 1 unspecified atom stereocenters. The number of aromatic nitrogens is 1. The minimum absolute atomic E-state index is 0.152. The number of carbonyl (C=O) groups excluding carboxylic acids is 2. The largest absolute Gasteiger partial charge is 0.354 e. The smallest absolute Gasteiger partial charge is 0.288 e. The van der Waals surface area contributed by atoms with Gasteiger partial charge in [-0.15, -0.1) is 0 Å². The molecule has 1 aromatic heterocycles. The SMILES string of the molecule is CCCNC(=O)C(C)NC(=O)c1cc([N+](=O)[O-])cnc1Cl. The van der Waals surface area contributed by atoms with Crippen LogP contribution in [0, 0.1) is 10.1 Å². The van der Waals surface area contributed by atoms with Gasteiger partial charge in [0.05, 0.1) is 10.5 Å². The number of halogens is 1. The minimum atomic E-state index is -0.792. The van der Waals surface area contributed by atoms with Crippen LogP contribution in [0.1, 0.15) is 30.6 Å². The van der Waals surface area contributed by atoms with Gasteiger partial charge in [-0.05, 0) is 13.3 Å². The third-order valence-electron chi connectivity index (χ3n) is 2.57. The van der Waals surface area contributed by atoms with Crippen LogP contribution in [0.15, 0.2) is 12.3 Å². The molecule has 0 bridgehead atoms. The van der Waals surface area contributed by atoms with Crippen LogP contribution in [0.3, 0.4) is 0 Å². The number of hydrogen-bond acceptors (Lipinski definition) is 5. The molecule has 9 heteroatoms. The lowest BCUT2D eigenvalue weighted by molar-refractivity contribution is -0.385. The molecule has 0 fully saturated rings. The van der Waals surface area contributed by atoms with E-state index in [2.05, 4.69) is 15.6 Å². The summed E-state index contributed by atoms with van der Waals surface area (Å²) in [6, 6.07) is 0.223. The number of nitrogens with one attached hydrogen (secondary N) is 2. The number of nitro groups is 1. The third kappa shape index (κ3) is 4.67. The normalized spacial score (nSPS) is 11.6. The van der Waals surface area contributed by atoms with Gasteiger partial charge in [-0.3, -0.25) is 19.7 Å². The quantitative estimate of drug-likeness (QED) is 0.466. The molecule has 2 amide bonds. The number of carbonyl (C=O) groups is 2. The van der Waals surface area contributed by atoms with Crippen molar-refractivity contribution in [2.75, 3.05) is 6.54 Å². The molecule has 0 aromatic carbocycles. The third-order valence-corrected chi connectivity index (χ3v) is 2.87. The molecule has 0 radical (unpaired) electrons. The molecule has 1 aromatic rings. The summed E-state index contributed by atoms with van der Waals surface area (Å²) in [5.41, 5.74) is -0.506. The van der Waals surface area contributed by atoms with Crippen LogP contribution >= 0.6 is 11.6 Å². The van der Waals surface area contributed by atoms with Crippen molar-refractivity contribution in [2.45, 2.75) is 26.3 Å². The first-order valence-corrected chi connectivity index (χ1v) is 6.63. The highest BCUT2D eigenvalue weighted by atomic mass is 35.5. The zero-order valence-electron chi connectivity index (χ0n) is 11.6. The second kappa shape index (κ2) is 7.53. The monoisotopic (exact) mass is 314 g/mol. The van der Waals surface area contributed by atoms with Crippen LogP contribution in [0.25, 0.3) is 0 Å². The molecule has 0 aliphatic rings. The van der Waals surface area contributed by atoms with Crippen LogP contribution in [0.2, 0.25) is 5.15 Å². The van der Waals surface area contributed by atoms with Crippen LogP contribution in [-0.2, 0) is 4.79 Å². The highest BCUT2D eigenvalue weighted by Gasteiger charge is 2.21. The van der Waals surface area contributed by atoms with Crippen molar-refractivity contribution in [1.82, 2.24) is 15.6 Å². The van der Waals surface area contributed by atoms with Gasteiger partial charge in [0, 0.05) is 12.6 Å². The number of rotatable bonds is 6. The van der Waals surface area contributed by atoms with Gasteiger partial charge in [-0.1, -0.05) is 18.5 Å². The molecule has 1 rings (SSSR count). The predicted molar refractivity (Wildman–Crippen MR) is 76.1 cm³/mol. The van der Waals surface area contributed by atoms with E-state index < -0.39 is 16.9 Å². The van der Waals surface area contributed by atoms with Crippen molar-refractivity contribution >= 4 is 29.1 Å². The summed E-state index contributed by atoms with van der Waals surface area (Å²) in [4.78, 5) is 37.2. The first-order chi connectivity index (χ1) is 9.86. The van der Waals surface area contributed by atoms with E-state index in [1.54, 1.807) is 0 Å². The Morgan fingerprint density at radius 1 is 1.52 bits per heavy atom. The van der Waals surface area contributed by atoms with Crippen LogP contribution in [-0.4, -0.2) is 34.3 Å². The van der Waals surface area contributed by atoms with Gasteiger partial charge >= 0.3 is 0 Å². The van der Waals surface area contributed by atoms with E-state index in [0.29, 0.717) is 6.54 Å². The maximum Gasteiger partial charge on any atom is 0.288 e. The van der Waals surface area contributed by atoms with Gasteiger partial charge < -0.3 is 10.6 Å². The van der Waals surface area contributed by atoms with E-state index in [0.717, 1.165) is 18.7 Å². The van der Waals surface area contributed by atoms with Gasteiger partial charge in [0.25, 0.3) is 11.6 Å². The second-order valence-electron chi connectivity index (χ2n) is 4.28. The highest BCUT2D eigenvalue weighted by Crippen LogP contribution is 2.19. The molecule has 2 N–H and O–H groups in total. The molecule has 8 nitrogen and oxygen atoms in total. The molecular weight excluding hydrogens is 300 g/mol. The molecule has 0 aliphatic heterocycles. The zero-order chi connectivity index (χ0) is 16.0. The van der Waals surface area contributed by atoms with Gasteiger partial charge in [0.15, 0.2) is 0 Å². The summed E-state index contributed by atoms with van der Waals surface area (Å²) in [5.74, 6) is -1.05. The fourth-order valence-corrected chi connectivity index (χ4v) is 1.63. The van der Waals surface area contributed by atoms with Crippen molar-refractivity contribution in [1.29, 1.82) is 0 Å². The maximum absolute atomic E-state index is 12.0. The van der Waals surface area contributed by atoms with Crippen LogP contribution in [0.4, 0.5) is 5.69 Å². The Kier molecular flexibility index (Phi) is 6.04. The first-order valence-electron chi connectivity index (χ1n) is 6.25. The van der Waals surface area contributed by atoms with Crippen LogP contribution < -0.4 is 10.6 Å². The lowest BCUT2D eigenvalue weighted by atomic mass is 10.2. The van der Waals surface area contributed by atoms with E-state index in [-0.39, 0.29) is 22.3 Å². The lowest BCUT2D eigenvalue weighted by Crippen LogP contribution is -2.45. The topological polar surface area (TPSA) is 114 Å². The number of pyridine rings is 1. The predicted octanol–water partition coefficient (Wildman–Crippen LogP) is 1.29. The number of amides is 2. The average molecular weight is 315 g/mol. The molecule has 0 aliphatic carbocycles. The van der Waals surface area contributed by atoms with E-state index in [9.17, 15) is 19.7 Å². The Bertz CT molecular complexity index is 564. The Balaban J connectivity index is 2.82. The summed E-state index contributed by atoms with van der Waals surface area (Å²) in [5, 5.41) is 15.5. The van der Waals surface area contributed by atoms with E-state index >= 15 is 0 Å². The fraction of sp³-hybridized carbons (Fsp3) is 0.417. The molecule has 1 heterocycles. The van der Waals surface area contributed by atoms with Gasteiger partial charge in [-0.2, -0.15) is 0 Å². The summed E-state index contributed by atoms with van der Waals surface area (Å²) in [6.07, 6.45) is 1.73. The molecule has 1 atom stereocenters. The highest BCUT2D eigenvalue weighted by molar-refractivity contribution is 6.32. The second-order valence-corrected chi connectivity index (χ2v) is 4.63. The Morgan fingerprint density at radius 2 is 2.19 bits per heavy atom. The molecule has 0 saturated carbocycles. The molecule has 114 valence electrons. The summed E-state index contributed by atoms with van der Waals surface area (Å²) >= 11 is 5.75. The zero-order valence-corrected chi connectivity index (χ0v) is 12.3. The lowest BCUT2D eigenvalue weighted by Gasteiger charge is -2.14.